The second-order valence-corrected chi connectivity index (χ2v) is 3.28. The zero-order valence-corrected chi connectivity index (χ0v) is 7.84. The van der Waals surface area contributed by atoms with Crippen molar-refractivity contribution in [1.82, 2.24) is 0 Å². The van der Waals surface area contributed by atoms with E-state index in [0.29, 0.717) is 6.92 Å². The molecule has 15 heavy (non-hydrogen) atoms. The number of rotatable bonds is 2. The number of carbonyl (C=O) groups is 1. The predicted octanol–water partition coefficient (Wildman–Crippen LogP) is 1.26. The van der Waals surface area contributed by atoms with Gasteiger partial charge in [0, 0.05) is 0 Å². The number of halogens is 3. The Kier molecular flexibility index (Phi) is 2.75. The largest absolute Gasteiger partial charge is 0.549 e. The van der Waals surface area contributed by atoms with Crippen LogP contribution in [-0.2, 0) is 10.2 Å². The Morgan fingerprint density at radius 1 is 1.20 bits per heavy atom. The van der Waals surface area contributed by atoms with Crippen molar-refractivity contribution in [2.45, 2.75) is 18.5 Å². The van der Waals surface area contributed by atoms with Crippen molar-refractivity contribution in [1.29, 1.82) is 0 Å². The van der Waals surface area contributed by atoms with Gasteiger partial charge in [-0.05, 0) is 12.5 Å². The van der Waals surface area contributed by atoms with Gasteiger partial charge < -0.3 is 9.90 Å². The first-order valence-electron chi connectivity index (χ1n) is 4.14. The topological polar surface area (TPSA) is 40.1 Å². The molecule has 0 radical (unpaired) electrons. The maximum atomic E-state index is 12.6. The summed E-state index contributed by atoms with van der Waals surface area (Å²) in [5.74, 6) is -2.15. The van der Waals surface area contributed by atoms with E-state index in [1.54, 1.807) is 0 Å². The molecule has 0 aliphatic heterocycles. The van der Waals surface area contributed by atoms with E-state index in [1.165, 1.54) is 18.2 Å². The van der Waals surface area contributed by atoms with Gasteiger partial charge in [-0.15, -0.1) is 0 Å². The van der Waals surface area contributed by atoms with Gasteiger partial charge in [0.2, 0.25) is 0 Å². The van der Waals surface area contributed by atoms with Crippen LogP contribution in [0.3, 0.4) is 0 Å². The number of carboxylic acid groups (broad SMARTS) is 1. The first-order chi connectivity index (χ1) is 6.80. The summed E-state index contributed by atoms with van der Waals surface area (Å²) < 4.78 is 37.9. The minimum absolute atomic E-state index is 0.336. The Bertz CT molecular complexity index is 359. The molecule has 0 heterocycles. The zero-order chi connectivity index (χ0) is 11.7. The van der Waals surface area contributed by atoms with E-state index < -0.39 is 17.6 Å². The molecule has 0 saturated carbocycles. The maximum Gasteiger partial charge on any atom is 0.403 e. The van der Waals surface area contributed by atoms with Crippen LogP contribution in [0.25, 0.3) is 0 Å². The lowest BCUT2D eigenvalue weighted by atomic mass is 9.82. The lowest BCUT2D eigenvalue weighted by Crippen LogP contribution is -2.53. The van der Waals surface area contributed by atoms with Gasteiger partial charge in [-0.1, -0.05) is 30.3 Å². The smallest absolute Gasteiger partial charge is 0.403 e. The summed E-state index contributed by atoms with van der Waals surface area (Å²) >= 11 is 0. The molecule has 1 aromatic carbocycles. The van der Waals surface area contributed by atoms with Crippen molar-refractivity contribution >= 4 is 5.97 Å². The van der Waals surface area contributed by atoms with Crippen molar-refractivity contribution < 1.29 is 23.1 Å². The summed E-state index contributed by atoms with van der Waals surface area (Å²) in [5.41, 5.74) is -3.30. The number of carboxylic acids is 1. The van der Waals surface area contributed by atoms with Crippen molar-refractivity contribution in [2.75, 3.05) is 0 Å². The molecular formula is C10H8F3O2-. The first kappa shape index (κ1) is 11.6. The van der Waals surface area contributed by atoms with Crippen molar-refractivity contribution in [2.24, 2.45) is 0 Å². The molecule has 0 aromatic heterocycles. The zero-order valence-electron chi connectivity index (χ0n) is 7.84. The molecule has 0 aliphatic rings. The molecule has 5 heteroatoms. The molecule has 0 amide bonds. The molecule has 1 rings (SSSR count). The maximum absolute atomic E-state index is 12.6. The van der Waals surface area contributed by atoms with Crippen LogP contribution in [0.1, 0.15) is 12.5 Å². The van der Waals surface area contributed by atoms with Gasteiger partial charge in [0.05, 0.1) is 5.97 Å². The highest BCUT2D eigenvalue weighted by atomic mass is 19.4. The monoisotopic (exact) mass is 217 g/mol. The van der Waals surface area contributed by atoms with E-state index in [4.69, 9.17) is 0 Å². The van der Waals surface area contributed by atoms with Gasteiger partial charge in [0.15, 0.2) is 0 Å². The summed E-state index contributed by atoms with van der Waals surface area (Å²) in [6.45, 7) is 0.595. The Morgan fingerprint density at radius 3 is 2.00 bits per heavy atom. The van der Waals surface area contributed by atoms with Gasteiger partial charge >= 0.3 is 6.18 Å². The number of carbonyl (C=O) groups excluding carboxylic acids is 1. The van der Waals surface area contributed by atoms with Gasteiger partial charge in [-0.2, -0.15) is 13.2 Å². The van der Waals surface area contributed by atoms with Gasteiger partial charge in [-0.25, -0.2) is 0 Å². The number of hydrogen-bond donors (Lipinski definition) is 0. The molecule has 0 fully saturated rings. The van der Waals surface area contributed by atoms with E-state index >= 15 is 0 Å². The van der Waals surface area contributed by atoms with Crippen LogP contribution in [0.15, 0.2) is 30.3 Å². The normalized spacial score (nSPS) is 15.7. The summed E-state index contributed by atoms with van der Waals surface area (Å²) in [6.07, 6.45) is -4.88. The highest BCUT2D eigenvalue weighted by Crippen LogP contribution is 2.40. The minimum Gasteiger partial charge on any atom is -0.549 e. The Balaban J connectivity index is 3.32. The molecule has 1 unspecified atom stereocenters. The fourth-order valence-electron chi connectivity index (χ4n) is 1.17. The number of aliphatic carboxylic acids is 1. The van der Waals surface area contributed by atoms with Gasteiger partial charge in [-0.3, -0.25) is 0 Å². The van der Waals surface area contributed by atoms with E-state index in [-0.39, 0.29) is 5.56 Å². The van der Waals surface area contributed by atoms with Crippen molar-refractivity contribution in [3.63, 3.8) is 0 Å². The second kappa shape index (κ2) is 3.56. The Morgan fingerprint density at radius 2 is 1.67 bits per heavy atom. The predicted molar refractivity (Wildman–Crippen MR) is 44.9 cm³/mol. The number of hydrogen-bond acceptors (Lipinski definition) is 2. The van der Waals surface area contributed by atoms with Crippen LogP contribution in [-0.4, -0.2) is 12.1 Å². The standard InChI is InChI=1S/C10H9F3O2/c1-9(8(14)15,10(11,12)13)7-5-3-2-4-6-7/h2-6H,1H3,(H,14,15)/p-1. The molecule has 0 aliphatic carbocycles. The Hall–Kier alpha value is -1.52. The number of alkyl halides is 3. The second-order valence-electron chi connectivity index (χ2n) is 3.28. The molecule has 82 valence electrons. The molecule has 0 saturated heterocycles. The average molecular weight is 217 g/mol. The van der Waals surface area contributed by atoms with Crippen LogP contribution in [0.4, 0.5) is 13.2 Å². The third kappa shape index (κ3) is 1.82. The molecule has 2 nitrogen and oxygen atoms in total. The average Bonchev–Trinajstić information content (AvgIpc) is 2.16. The van der Waals surface area contributed by atoms with Crippen molar-refractivity contribution in [3.8, 4) is 0 Å². The third-order valence-corrected chi connectivity index (χ3v) is 2.33. The van der Waals surface area contributed by atoms with Gasteiger partial charge in [0.25, 0.3) is 0 Å². The van der Waals surface area contributed by atoms with Crippen LogP contribution in [0.5, 0.6) is 0 Å². The minimum atomic E-state index is -4.88. The highest BCUT2D eigenvalue weighted by molar-refractivity contribution is 5.80. The third-order valence-electron chi connectivity index (χ3n) is 2.33. The molecule has 0 spiro atoms. The lowest BCUT2D eigenvalue weighted by Gasteiger charge is -2.33. The van der Waals surface area contributed by atoms with E-state index in [1.807, 2.05) is 0 Å². The van der Waals surface area contributed by atoms with E-state index in [9.17, 15) is 23.1 Å². The fourth-order valence-corrected chi connectivity index (χ4v) is 1.17. The van der Waals surface area contributed by atoms with Crippen LogP contribution in [0.2, 0.25) is 0 Å². The van der Waals surface area contributed by atoms with Crippen LogP contribution in [0, 0.1) is 0 Å². The highest BCUT2D eigenvalue weighted by Gasteiger charge is 2.53. The summed E-state index contributed by atoms with van der Waals surface area (Å²) in [4.78, 5) is 10.6. The summed E-state index contributed by atoms with van der Waals surface area (Å²) in [6, 6.07) is 6.44. The number of benzene rings is 1. The lowest BCUT2D eigenvalue weighted by molar-refractivity contribution is -0.329. The molecule has 1 aromatic rings. The van der Waals surface area contributed by atoms with Crippen molar-refractivity contribution in [3.05, 3.63) is 35.9 Å². The first-order valence-corrected chi connectivity index (χ1v) is 4.14. The van der Waals surface area contributed by atoms with Gasteiger partial charge in [0.1, 0.15) is 5.41 Å². The van der Waals surface area contributed by atoms with E-state index in [2.05, 4.69) is 0 Å². The van der Waals surface area contributed by atoms with Crippen LogP contribution >= 0.6 is 0 Å². The summed E-state index contributed by atoms with van der Waals surface area (Å²) in [7, 11) is 0. The molecule has 0 bridgehead atoms. The fraction of sp³-hybridized carbons (Fsp3) is 0.300. The quantitative estimate of drug-likeness (QED) is 0.748. The summed E-state index contributed by atoms with van der Waals surface area (Å²) in [5, 5.41) is 10.6. The molecule has 1 atom stereocenters. The molecule has 0 N–H and O–H groups in total. The van der Waals surface area contributed by atoms with E-state index in [0.717, 1.165) is 12.1 Å². The molecular weight excluding hydrogens is 209 g/mol. The SMILES string of the molecule is CC(C(=O)[O-])(c1ccccc1)C(F)(F)F. The Labute approximate surface area is 84.3 Å². The van der Waals surface area contributed by atoms with Crippen LogP contribution < -0.4 is 5.11 Å².